The number of amides is 1. The number of rotatable bonds is 4. The number of nitrogens with two attached hydrogens (primary N) is 2. The van der Waals surface area contributed by atoms with E-state index in [1.165, 1.54) is 6.20 Å². The van der Waals surface area contributed by atoms with E-state index in [2.05, 4.69) is 45.8 Å². The van der Waals surface area contributed by atoms with Crippen molar-refractivity contribution in [1.82, 2.24) is 14.6 Å². The van der Waals surface area contributed by atoms with Gasteiger partial charge in [-0.05, 0) is 37.8 Å². The average Bonchev–Trinajstić information content (AvgIpc) is 3.16. The standard InChI is InChI=1S/C23H23N5O3.H4N2/c1-23(2)8-13-6-18(26-22(30)14-9-25-28-5-3-4-24-21(14)28)19(7-20(13)31-23)27-10-15-16(11-27)17(15)12-29;1-2/h3-7,9,12,15-17H,8,10-11H2,1-2H3,(H,26,30);1-2H2. The summed E-state index contributed by atoms with van der Waals surface area (Å²) in [4.78, 5) is 30.9. The summed E-state index contributed by atoms with van der Waals surface area (Å²) in [5.41, 5.74) is 3.44. The van der Waals surface area contributed by atoms with Crippen LogP contribution in [-0.2, 0) is 11.2 Å². The molecule has 2 unspecified atom stereocenters. The van der Waals surface area contributed by atoms with Crippen molar-refractivity contribution in [3.8, 4) is 5.75 Å². The van der Waals surface area contributed by atoms with E-state index in [0.29, 0.717) is 23.0 Å². The zero-order valence-corrected chi connectivity index (χ0v) is 18.6. The average molecular weight is 450 g/mol. The number of nitrogens with zero attached hydrogens (tertiary/aromatic N) is 4. The number of anilines is 2. The van der Waals surface area contributed by atoms with E-state index < -0.39 is 0 Å². The normalized spacial score (nSPS) is 23.8. The van der Waals surface area contributed by atoms with E-state index in [9.17, 15) is 9.59 Å². The van der Waals surface area contributed by atoms with Gasteiger partial charge in [-0.2, -0.15) is 5.10 Å². The molecule has 1 saturated carbocycles. The zero-order valence-electron chi connectivity index (χ0n) is 18.6. The smallest absolute Gasteiger partial charge is 0.261 e. The summed E-state index contributed by atoms with van der Waals surface area (Å²) >= 11 is 0. The molecule has 2 aliphatic heterocycles. The van der Waals surface area contributed by atoms with Crippen molar-refractivity contribution in [2.45, 2.75) is 25.9 Å². The Balaban J connectivity index is 0.00000111. The molecule has 1 aromatic carbocycles. The van der Waals surface area contributed by atoms with Gasteiger partial charge in [0.1, 0.15) is 23.2 Å². The number of aldehydes is 1. The molecular formula is C23H27N7O3. The largest absolute Gasteiger partial charge is 0.487 e. The molecule has 1 amide bonds. The molecule has 1 aliphatic carbocycles. The Kier molecular flexibility index (Phi) is 5.06. The summed E-state index contributed by atoms with van der Waals surface area (Å²) in [6, 6.07) is 5.83. The minimum Gasteiger partial charge on any atom is -0.487 e. The Labute approximate surface area is 190 Å². The van der Waals surface area contributed by atoms with Gasteiger partial charge in [-0.1, -0.05) is 0 Å². The highest BCUT2D eigenvalue weighted by Crippen LogP contribution is 2.53. The fourth-order valence-electron chi connectivity index (χ4n) is 5.15. The lowest BCUT2D eigenvalue weighted by molar-refractivity contribution is -0.109. The number of piperidine rings is 1. The van der Waals surface area contributed by atoms with Crippen molar-refractivity contribution >= 4 is 29.2 Å². The highest BCUT2D eigenvalue weighted by molar-refractivity contribution is 6.09. The van der Waals surface area contributed by atoms with Gasteiger partial charge in [0.05, 0.1) is 17.6 Å². The first-order valence-corrected chi connectivity index (χ1v) is 10.9. The molecule has 1 saturated heterocycles. The van der Waals surface area contributed by atoms with E-state index in [0.717, 1.165) is 48.5 Å². The molecule has 3 aromatic rings. The SMILES string of the molecule is CC1(C)Cc2cc(NC(=O)c3cnn4cccnc34)c(N3CC4C(C=O)C4C3)cc2O1.NN. The number of benzene rings is 1. The molecule has 4 heterocycles. The van der Waals surface area contributed by atoms with Crippen LogP contribution in [0.15, 0.2) is 36.8 Å². The molecule has 10 nitrogen and oxygen atoms in total. The number of carbonyl (C=O) groups is 2. The number of nitrogens with one attached hydrogen (secondary N) is 1. The number of ether oxygens (including phenoxy) is 1. The Morgan fingerprint density at radius 3 is 2.76 bits per heavy atom. The maximum Gasteiger partial charge on any atom is 0.261 e. The summed E-state index contributed by atoms with van der Waals surface area (Å²) in [6.07, 6.45) is 6.81. The van der Waals surface area contributed by atoms with Crippen LogP contribution in [-0.4, -0.2) is 45.5 Å². The maximum absolute atomic E-state index is 13.2. The van der Waals surface area contributed by atoms with E-state index in [4.69, 9.17) is 4.74 Å². The minimum absolute atomic E-state index is 0.184. The molecule has 0 spiro atoms. The first-order valence-electron chi connectivity index (χ1n) is 10.9. The van der Waals surface area contributed by atoms with Gasteiger partial charge in [0.25, 0.3) is 5.91 Å². The predicted molar refractivity (Wildman–Crippen MR) is 123 cm³/mol. The highest BCUT2D eigenvalue weighted by Gasteiger charge is 2.56. The number of hydrazine groups is 1. The monoisotopic (exact) mass is 449 g/mol. The van der Waals surface area contributed by atoms with Crippen LogP contribution in [0.1, 0.15) is 29.8 Å². The van der Waals surface area contributed by atoms with Gasteiger partial charge in [0.15, 0.2) is 5.65 Å². The summed E-state index contributed by atoms with van der Waals surface area (Å²) in [5, 5.41) is 7.32. The minimum atomic E-state index is -0.273. The Morgan fingerprint density at radius 2 is 2.03 bits per heavy atom. The fourth-order valence-corrected chi connectivity index (χ4v) is 5.15. The molecule has 0 bridgehead atoms. The molecular weight excluding hydrogens is 422 g/mol. The van der Waals surface area contributed by atoms with Crippen LogP contribution < -0.4 is 26.6 Å². The van der Waals surface area contributed by atoms with Gasteiger partial charge in [0.2, 0.25) is 0 Å². The van der Waals surface area contributed by atoms with Crippen LogP contribution in [0.3, 0.4) is 0 Å². The lowest BCUT2D eigenvalue weighted by Gasteiger charge is -2.25. The summed E-state index contributed by atoms with van der Waals surface area (Å²) < 4.78 is 7.73. The third-order valence-corrected chi connectivity index (χ3v) is 6.71. The molecule has 33 heavy (non-hydrogen) atoms. The molecule has 3 aliphatic rings. The second-order valence-corrected chi connectivity index (χ2v) is 9.36. The Hall–Kier alpha value is -3.50. The van der Waals surface area contributed by atoms with E-state index >= 15 is 0 Å². The fraction of sp³-hybridized carbons (Fsp3) is 0.391. The van der Waals surface area contributed by atoms with Crippen molar-refractivity contribution in [2.75, 3.05) is 23.3 Å². The first-order chi connectivity index (χ1) is 15.9. The van der Waals surface area contributed by atoms with Crippen LogP contribution in [0.2, 0.25) is 0 Å². The van der Waals surface area contributed by atoms with Gasteiger partial charge < -0.3 is 19.7 Å². The molecule has 0 radical (unpaired) electrons. The van der Waals surface area contributed by atoms with Crippen LogP contribution >= 0.6 is 0 Å². The van der Waals surface area contributed by atoms with Crippen molar-refractivity contribution in [3.05, 3.63) is 47.9 Å². The van der Waals surface area contributed by atoms with Crippen molar-refractivity contribution < 1.29 is 14.3 Å². The molecule has 2 aromatic heterocycles. The number of aromatic nitrogens is 3. The molecule has 6 rings (SSSR count). The number of carbonyl (C=O) groups excluding carboxylic acids is 2. The van der Waals surface area contributed by atoms with Crippen LogP contribution in [0.25, 0.3) is 5.65 Å². The maximum atomic E-state index is 13.2. The quantitative estimate of drug-likeness (QED) is 0.308. The van der Waals surface area contributed by atoms with Gasteiger partial charge in [-0.3, -0.25) is 16.5 Å². The van der Waals surface area contributed by atoms with E-state index in [1.54, 1.807) is 23.0 Å². The van der Waals surface area contributed by atoms with E-state index in [1.807, 2.05) is 12.1 Å². The van der Waals surface area contributed by atoms with Gasteiger partial charge in [-0.15, -0.1) is 0 Å². The lowest BCUT2D eigenvalue weighted by atomic mass is 10.0. The third kappa shape index (κ3) is 3.61. The van der Waals surface area contributed by atoms with Gasteiger partial charge >= 0.3 is 0 Å². The van der Waals surface area contributed by atoms with Crippen molar-refractivity contribution in [1.29, 1.82) is 0 Å². The van der Waals surface area contributed by atoms with Crippen LogP contribution in [0.4, 0.5) is 11.4 Å². The van der Waals surface area contributed by atoms with Crippen molar-refractivity contribution in [3.63, 3.8) is 0 Å². The molecule has 172 valence electrons. The van der Waals surface area contributed by atoms with E-state index in [-0.39, 0.29) is 17.4 Å². The van der Waals surface area contributed by atoms with Crippen molar-refractivity contribution in [2.24, 2.45) is 29.4 Å². The van der Waals surface area contributed by atoms with Gasteiger partial charge in [0, 0.05) is 49.5 Å². The lowest BCUT2D eigenvalue weighted by Crippen LogP contribution is -2.26. The topological polar surface area (TPSA) is 141 Å². The summed E-state index contributed by atoms with van der Waals surface area (Å²) in [5.74, 6) is 9.63. The Morgan fingerprint density at radius 1 is 1.27 bits per heavy atom. The van der Waals surface area contributed by atoms with Crippen LogP contribution in [0.5, 0.6) is 5.75 Å². The van der Waals surface area contributed by atoms with Gasteiger partial charge in [-0.25, -0.2) is 9.50 Å². The third-order valence-electron chi connectivity index (χ3n) is 6.71. The molecule has 10 heteroatoms. The molecule has 2 atom stereocenters. The summed E-state index contributed by atoms with van der Waals surface area (Å²) in [6.45, 7) is 5.76. The predicted octanol–water partition coefficient (Wildman–Crippen LogP) is 1.40. The zero-order chi connectivity index (χ0) is 23.3. The molecule has 5 N–H and O–H groups in total. The number of hydrogen-bond donors (Lipinski definition) is 3. The number of hydrogen-bond acceptors (Lipinski definition) is 8. The second-order valence-electron chi connectivity index (χ2n) is 9.36. The summed E-state index contributed by atoms with van der Waals surface area (Å²) in [7, 11) is 0. The highest BCUT2D eigenvalue weighted by atomic mass is 16.5. The first kappa shape index (κ1) is 21.4. The number of fused-ring (bicyclic) bond motifs is 3. The second kappa shape index (κ2) is 7.82. The van der Waals surface area contributed by atoms with Crippen LogP contribution in [0, 0.1) is 17.8 Å². The Bertz CT molecular complexity index is 1230. The molecule has 2 fully saturated rings.